The van der Waals surface area contributed by atoms with Crippen molar-refractivity contribution in [2.24, 2.45) is 7.05 Å². The fraction of sp³-hybridized carbons (Fsp3) is 0.263. The Morgan fingerprint density at radius 1 is 1.29 bits per heavy atom. The number of ether oxygens (including phenoxy) is 1. The molecule has 2 N–H and O–H groups in total. The fourth-order valence-electron chi connectivity index (χ4n) is 3.08. The average molecular weight is 397 g/mol. The summed E-state index contributed by atoms with van der Waals surface area (Å²) in [7, 11) is 1.97. The third-order valence-corrected chi connectivity index (χ3v) is 5.38. The first kappa shape index (κ1) is 18.3. The molecule has 3 heterocycles. The van der Waals surface area contributed by atoms with Gasteiger partial charge in [-0.05, 0) is 26.0 Å². The number of imidazole rings is 1. The van der Waals surface area contributed by atoms with Crippen LogP contribution in [0.5, 0.6) is 0 Å². The lowest BCUT2D eigenvalue weighted by atomic mass is 10.2. The zero-order valence-electron chi connectivity index (χ0n) is 15.7. The summed E-state index contributed by atoms with van der Waals surface area (Å²) in [5.74, 6) is 1.09. The van der Waals surface area contributed by atoms with E-state index in [1.54, 1.807) is 13.8 Å². The largest absolute Gasteiger partial charge is 0.462 e. The minimum Gasteiger partial charge on any atom is -0.462 e. The van der Waals surface area contributed by atoms with Crippen LogP contribution in [0.4, 0.5) is 5.82 Å². The van der Waals surface area contributed by atoms with Crippen molar-refractivity contribution in [2.75, 3.05) is 12.3 Å². The highest BCUT2D eigenvalue weighted by atomic mass is 32.2. The molecule has 0 aliphatic heterocycles. The summed E-state index contributed by atoms with van der Waals surface area (Å²) in [5.41, 5.74) is 8.67. The van der Waals surface area contributed by atoms with Gasteiger partial charge in [-0.25, -0.2) is 14.8 Å². The number of hydrogen-bond acceptors (Lipinski definition) is 8. The van der Waals surface area contributed by atoms with Crippen LogP contribution in [0, 0.1) is 6.92 Å². The van der Waals surface area contributed by atoms with E-state index in [4.69, 9.17) is 14.9 Å². The number of carbonyl (C=O) groups is 1. The van der Waals surface area contributed by atoms with E-state index in [0.29, 0.717) is 22.7 Å². The number of nitrogens with two attached hydrogens (primary N) is 1. The van der Waals surface area contributed by atoms with Gasteiger partial charge in [-0.1, -0.05) is 23.9 Å². The lowest BCUT2D eigenvalue weighted by Crippen LogP contribution is -2.07. The van der Waals surface area contributed by atoms with Crippen molar-refractivity contribution in [3.8, 4) is 0 Å². The second-order valence-electron chi connectivity index (χ2n) is 6.19. The number of aryl methyl sites for hydroxylation is 2. The Morgan fingerprint density at radius 2 is 2.07 bits per heavy atom. The van der Waals surface area contributed by atoms with Crippen LogP contribution in [-0.2, 0) is 17.5 Å². The van der Waals surface area contributed by atoms with Crippen LogP contribution in [0.15, 0.2) is 33.8 Å². The van der Waals surface area contributed by atoms with Gasteiger partial charge in [0.15, 0.2) is 5.16 Å². The number of thioether (sulfide) groups is 1. The molecule has 0 fully saturated rings. The van der Waals surface area contributed by atoms with Crippen LogP contribution >= 0.6 is 11.8 Å². The van der Waals surface area contributed by atoms with Crippen LogP contribution in [0.3, 0.4) is 0 Å². The molecule has 144 valence electrons. The highest BCUT2D eigenvalue weighted by Gasteiger charge is 2.24. The molecule has 9 heteroatoms. The molecule has 0 saturated heterocycles. The first-order valence-electron chi connectivity index (χ1n) is 8.76. The van der Waals surface area contributed by atoms with Gasteiger partial charge in [0.2, 0.25) is 5.71 Å². The van der Waals surface area contributed by atoms with E-state index >= 15 is 0 Å². The molecule has 0 bridgehead atoms. The summed E-state index contributed by atoms with van der Waals surface area (Å²) in [6, 6.07) is 7.94. The maximum atomic E-state index is 12.2. The maximum absolute atomic E-state index is 12.2. The summed E-state index contributed by atoms with van der Waals surface area (Å²) >= 11 is 1.51. The predicted octanol–water partition coefficient (Wildman–Crippen LogP) is 3.47. The number of para-hydroxylation sites is 2. The molecule has 0 aliphatic rings. The Balaban J connectivity index is 1.64. The van der Waals surface area contributed by atoms with Gasteiger partial charge in [0.1, 0.15) is 23.0 Å². The Kier molecular flexibility index (Phi) is 4.68. The maximum Gasteiger partial charge on any atom is 0.342 e. The molecule has 0 unspecified atom stereocenters. The molecule has 0 radical (unpaired) electrons. The monoisotopic (exact) mass is 397 g/mol. The fourth-order valence-corrected chi connectivity index (χ4v) is 3.92. The zero-order valence-corrected chi connectivity index (χ0v) is 16.5. The molecule has 3 aromatic heterocycles. The van der Waals surface area contributed by atoms with Crippen molar-refractivity contribution in [3.05, 3.63) is 41.4 Å². The quantitative estimate of drug-likeness (QED) is 0.403. The van der Waals surface area contributed by atoms with Crippen molar-refractivity contribution >= 4 is 45.7 Å². The number of carbonyl (C=O) groups excluding carboxylic acids is 1. The molecule has 4 aromatic rings. The summed E-state index contributed by atoms with van der Waals surface area (Å²) in [6.07, 6.45) is 0. The third-order valence-electron chi connectivity index (χ3n) is 4.36. The normalized spacial score (nSPS) is 11.4. The lowest BCUT2D eigenvalue weighted by molar-refractivity contribution is 0.0526. The van der Waals surface area contributed by atoms with Gasteiger partial charge >= 0.3 is 5.97 Å². The van der Waals surface area contributed by atoms with Crippen LogP contribution in [-0.4, -0.2) is 32.1 Å². The average Bonchev–Trinajstić information content (AvgIpc) is 3.17. The zero-order chi connectivity index (χ0) is 19.8. The van der Waals surface area contributed by atoms with Crippen LogP contribution in [0.25, 0.3) is 22.1 Å². The molecular weight excluding hydrogens is 378 g/mol. The van der Waals surface area contributed by atoms with E-state index in [1.807, 2.05) is 35.9 Å². The number of aromatic nitrogens is 4. The topological polar surface area (TPSA) is 109 Å². The van der Waals surface area contributed by atoms with Gasteiger partial charge < -0.3 is 19.5 Å². The smallest absolute Gasteiger partial charge is 0.342 e. The highest BCUT2D eigenvalue weighted by molar-refractivity contribution is 7.98. The van der Waals surface area contributed by atoms with Crippen molar-refractivity contribution in [3.63, 3.8) is 0 Å². The van der Waals surface area contributed by atoms with Crippen LogP contribution in [0.1, 0.15) is 28.9 Å². The number of rotatable bonds is 5. The van der Waals surface area contributed by atoms with Crippen molar-refractivity contribution in [1.82, 2.24) is 19.5 Å². The van der Waals surface area contributed by atoms with Gasteiger partial charge in [-0.2, -0.15) is 4.98 Å². The van der Waals surface area contributed by atoms with Crippen molar-refractivity contribution in [1.29, 1.82) is 0 Å². The summed E-state index contributed by atoms with van der Waals surface area (Å²) in [4.78, 5) is 25.6. The Labute approximate surface area is 165 Å². The van der Waals surface area contributed by atoms with Crippen molar-refractivity contribution < 1.29 is 13.9 Å². The summed E-state index contributed by atoms with van der Waals surface area (Å²) in [6.45, 7) is 3.69. The molecule has 4 rings (SSSR count). The molecule has 1 aromatic carbocycles. The van der Waals surface area contributed by atoms with Gasteiger partial charge in [-0.15, -0.1) is 0 Å². The SMILES string of the molecule is CCOC(=O)c1c(C)oc2nc(CSc3nc4ccccc4n3C)nc(N)c12. The van der Waals surface area contributed by atoms with E-state index in [-0.39, 0.29) is 23.7 Å². The Bertz CT molecular complexity index is 1200. The minimum absolute atomic E-state index is 0.200. The number of fused-ring (bicyclic) bond motifs is 2. The predicted molar refractivity (Wildman–Crippen MR) is 107 cm³/mol. The molecule has 8 nitrogen and oxygen atoms in total. The number of hydrogen-bond donors (Lipinski definition) is 1. The van der Waals surface area contributed by atoms with Crippen molar-refractivity contribution in [2.45, 2.75) is 24.8 Å². The number of anilines is 1. The molecule has 0 amide bonds. The number of furan rings is 1. The first-order chi connectivity index (χ1) is 13.5. The van der Waals surface area contributed by atoms with E-state index in [2.05, 4.69) is 15.0 Å². The molecule has 0 aliphatic carbocycles. The van der Waals surface area contributed by atoms with Gasteiger partial charge in [0.05, 0.1) is 28.8 Å². The number of nitrogen functional groups attached to an aromatic ring is 1. The minimum atomic E-state index is -0.490. The number of esters is 1. The Morgan fingerprint density at radius 3 is 2.82 bits per heavy atom. The van der Waals surface area contributed by atoms with Crippen LogP contribution in [0.2, 0.25) is 0 Å². The number of benzene rings is 1. The van der Waals surface area contributed by atoms with Gasteiger partial charge in [0, 0.05) is 7.05 Å². The standard InChI is InChI=1S/C19H19N5O3S/c1-4-26-18(25)14-10(2)27-17-15(14)16(20)22-13(23-17)9-28-19-21-11-7-5-6-8-12(11)24(19)3/h5-8H,4,9H2,1-3H3,(H2,20,22,23). The second kappa shape index (κ2) is 7.16. The van der Waals surface area contributed by atoms with E-state index in [1.165, 1.54) is 11.8 Å². The molecular formula is C19H19N5O3S. The van der Waals surface area contributed by atoms with E-state index < -0.39 is 5.97 Å². The number of nitrogens with zero attached hydrogens (tertiary/aromatic N) is 4. The van der Waals surface area contributed by atoms with E-state index in [0.717, 1.165) is 16.2 Å². The lowest BCUT2D eigenvalue weighted by Gasteiger charge is -2.04. The van der Waals surface area contributed by atoms with Crippen LogP contribution < -0.4 is 5.73 Å². The molecule has 0 spiro atoms. The molecule has 0 saturated carbocycles. The molecule has 28 heavy (non-hydrogen) atoms. The third kappa shape index (κ3) is 3.07. The van der Waals surface area contributed by atoms with Gasteiger partial charge in [-0.3, -0.25) is 0 Å². The highest BCUT2D eigenvalue weighted by Crippen LogP contribution is 2.30. The van der Waals surface area contributed by atoms with E-state index in [9.17, 15) is 4.79 Å². The van der Waals surface area contributed by atoms with Gasteiger partial charge in [0.25, 0.3) is 0 Å². The first-order valence-corrected chi connectivity index (χ1v) is 9.75. The Hall–Kier alpha value is -3.07. The molecule has 0 atom stereocenters. The second-order valence-corrected chi connectivity index (χ2v) is 7.13. The summed E-state index contributed by atoms with van der Waals surface area (Å²) in [5, 5.41) is 1.25. The summed E-state index contributed by atoms with van der Waals surface area (Å²) < 4.78 is 12.8.